The molecule has 1 atom stereocenters. The number of nitrogens with zero attached hydrogens (tertiary/aromatic N) is 4. The smallest absolute Gasteiger partial charge is 0.251 e. The largest absolute Gasteiger partial charge is 0.381 e. The molecule has 0 bridgehead atoms. The number of carbonyl (C=O) groups is 1. The second-order valence-electron chi connectivity index (χ2n) is 10.6. The number of fused-ring (bicyclic) bond motifs is 1. The molecule has 0 aliphatic carbocycles. The van der Waals surface area contributed by atoms with Crippen LogP contribution in [0.1, 0.15) is 28.9 Å². The van der Waals surface area contributed by atoms with Crippen LogP contribution in [0.15, 0.2) is 65.7 Å². The monoisotopic (exact) mass is 561 g/mol. The SMILES string of the molecule is CS(=O)(=O)c1cc(F)cc(C(=O)NCc2cc3nc(-c4cccc(N5CCC6(CCOC6)C5)n4)ccc3cn2)c1. The van der Waals surface area contributed by atoms with Gasteiger partial charge in [-0.1, -0.05) is 6.07 Å². The molecule has 9 nitrogen and oxygen atoms in total. The van der Waals surface area contributed by atoms with Crippen molar-refractivity contribution in [1.29, 1.82) is 0 Å². The Hall–Kier alpha value is -3.96. The van der Waals surface area contributed by atoms with Crippen molar-refractivity contribution < 1.29 is 22.3 Å². The van der Waals surface area contributed by atoms with Crippen LogP contribution >= 0.6 is 0 Å². The summed E-state index contributed by atoms with van der Waals surface area (Å²) in [6.07, 6.45) is 4.84. The maximum atomic E-state index is 13.9. The highest BCUT2D eigenvalue weighted by molar-refractivity contribution is 7.90. The van der Waals surface area contributed by atoms with Crippen molar-refractivity contribution in [3.63, 3.8) is 0 Å². The van der Waals surface area contributed by atoms with Gasteiger partial charge in [0, 0.05) is 48.5 Å². The number of sulfone groups is 1. The summed E-state index contributed by atoms with van der Waals surface area (Å²) in [6.45, 7) is 3.60. The predicted molar refractivity (Wildman–Crippen MR) is 148 cm³/mol. The van der Waals surface area contributed by atoms with Crippen LogP contribution in [0.25, 0.3) is 22.3 Å². The van der Waals surface area contributed by atoms with E-state index >= 15 is 0 Å². The van der Waals surface area contributed by atoms with Crippen LogP contribution in [0.4, 0.5) is 10.2 Å². The van der Waals surface area contributed by atoms with E-state index in [2.05, 4.69) is 15.2 Å². The fourth-order valence-electron chi connectivity index (χ4n) is 5.32. The Bertz CT molecular complexity index is 1720. The van der Waals surface area contributed by atoms with Crippen molar-refractivity contribution in [2.24, 2.45) is 5.41 Å². The molecule has 0 saturated carbocycles. The van der Waals surface area contributed by atoms with Crippen molar-refractivity contribution in [2.75, 3.05) is 37.5 Å². The third-order valence-electron chi connectivity index (χ3n) is 7.57. The second-order valence-corrected chi connectivity index (χ2v) is 12.6. The molecule has 1 N–H and O–H groups in total. The summed E-state index contributed by atoms with van der Waals surface area (Å²) in [5.74, 6) is -0.484. The molecule has 40 heavy (non-hydrogen) atoms. The van der Waals surface area contributed by atoms with Crippen LogP contribution in [0.2, 0.25) is 0 Å². The van der Waals surface area contributed by atoms with E-state index in [4.69, 9.17) is 14.7 Å². The molecule has 3 aromatic heterocycles. The minimum atomic E-state index is -3.67. The van der Waals surface area contributed by atoms with Crippen molar-refractivity contribution in [1.82, 2.24) is 20.3 Å². The van der Waals surface area contributed by atoms with Crippen LogP contribution in [0, 0.1) is 11.2 Å². The van der Waals surface area contributed by atoms with Gasteiger partial charge in [-0.15, -0.1) is 0 Å². The van der Waals surface area contributed by atoms with Crippen LogP contribution in [0.5, 0.6) is 0 Å². The first-order chi connectivity index (χ1) is 19.2. The molecular weight excluding hydrogens is 533 g/mol. The molecule has 11 heteroatoms. The maximum Gasteiger partial charge on any atom is 0.251 e. The lowest BCUT2D eigenvalue weighted by Crippen LogP contribution is -2.27. The molecule has 5 heterocycles. The summed E-state index contributed by atoms with van der Waals surface area (Å²) in [5.41, 5.74) is 2.88. The van der Waals surface area contributed by atoms with E-state index < -0.39 is 21.6 Å². The summed E-state index contributed by atoms with van der Waals surface area (Å²) in [4.78, 5) is 28.8. The third kappa shape index (κ3) is 5.39. The third-order valence-corrected chi connectivity index (χ3v) is 8.66. The number of amides is 1. The Morgan fingerprint density at radius 1 is 1.10 bits per heavy atom. The number of halogens is 1. The molecule has 1 unspecified atom stereocenters. The van der Waals surface area contributed by atoms with Crippen molar-refractivity contribution in [3.8, 4) is 11.4 Å². The highest BCUT2D eigenvalue weighted by atomic mass is 32.2. The minimum absolute atomic E-state index is 0.0551. The highest BCUT2D eigenvalue weighted by Crippen LogP contribution is 2.39. The fraction of sp³-hybridized carbons (Fsp3) is 0.310. The first kappa shape index (κ1) is 26.3. The Balaban J connectivity index is 1.19. The summed E-state index contributed by atoms with van der Waals surface area (Å²) >= 11 is 0. The summed E-state index contributed by atoms with van der Waals surface area (Å²) in [6, 6.07) is 14.6. The Morgan fingerprint density at radius 2 is 1.95 bits per heavy atom. The van der Waals surface area contributed by atoms with Crippen LogP contribution in [0.3, 0.4) is 0 Å². The summed E-state index contributed by atoms with van der Waals surface area (Å²) in [7, 11) is -3.67. The minimum Gasteiger partial charge on any atom is -0.381 e. The van der Waals surface area contributed by atoms with E-state index in [0.29, 0.717) is 11.2 Å². The molecule has 1 spiro atoms. The first-order valence-corrected chi connectivity index (χ1v) is 14.9. The van der Waals surface area contributed by atoms with Crippen LogP contribution in [-0.2, 0) is 21.1 Å². The molecule has 2 aliphatic heterocycles. The topological polar surface area (TPSA) is 114 Å². The standard InChI is InChI=1S/C29H28FN5O4S/c1-40(37,38)23-12-20(11-21(30)13-23)28(36)32-16-22-14-26-19(15-31-22)5-6-25(33-26)24-3-2-4-27(34-24)35-9-7-29(17-35)8-10-39-18-29/h2-6,11-15H,7-10,16-18H2,1H3,(H,32,36). The lowest BCUT2D eigenvalue weighted by atomic mass is 9.87. The van der Waals surface area contributed by atoms with E-state index in [-0.39, 0.29) is 22.4 Å². The van der Waals surface area contributed by atoms with Gasteiger partial charge in [0.05, 0.1) is 40.6 Å². The lowest BCUT2D eigenvalue weighted by molar-refractivity contribution is 0.0949. The van der Waals surface area contributed by atoms with Gasteiger partial charge >= 0.3 is 0 Å². The number of benzene rings is 1. The molecule has 2 aliphatic rings. The number of anilines is 1. The fourth-order valence-corrected chi connectivity index (χ4v) is 5.99. The predicted octanol–water partition coefficient (Wildman–Crippen LogP) is 3.78. The van der Waals surface area contributed by atoms with Crippen molar-refractivity contribution in [2.45, 2.75) is 24.3 Å². The van der Waals surface area contributed by atoms with Gasteiger partial charge in [-0.3, -0.25) is 9.78 Å². The number of carbonyl (C=O) groups excluding carboxylic acids is 1. The zero-order valence-corrected chi connectivity index (χ0v) is 22.7. The van der Waals surface area contributed by atoms with Crippen LogP contribution < -0.4 is 10.2 Å². The van der Waals surface area contributed by atoms with Gasteiger partial charge in [0.15, 0.2) is 9.84 Å². The number of hydrogen-bond acceptors (Lipinski definition) is 8. The van der Waals surface area contributed by atoms with E-state index in [1.54, 1.807) is 12.3 Å². The zero-order valence-electron chi connectivity index (χ0n) is 21.9. The number of aromatic nitrogens is 3. The Labute approximate surface area is 231 Å². The molecule has 2 fully saturated rings. The maximum absolute atomic E-state index is 13.9. The van der Waals surface area contributed by atoms with Gasteiger partial charge in [0.1, 0.15) is 11.6 Å². The molecule has 206 valence electrons. The van der Waals surface area contributed by atoms with Gasteiger partial charge in [-0.2, -0.15) is 0 Å². The van der Waals surface area contributed by atoms with E-state index in [0.717, 1.165) is 86.2 Å². The number of ether oxygens (including phenoxy) is 1. The normalized spacial score (nSPS) is 19.0. The molecule has 6 rings (SSSR count). The van der Waals surface area contributed by atoms with E-state index in [9.17, 15) is 17.6 Å². The average molecular weight is 562 g/mol. The number of pyridine rings is 3. The Kier molecular flexibility index (Phi) is 6.71. The molecular formula is C29H28FN5O4S. The number of nitrogens with one attached hydrogen (secondary N) is 1. The van der Waals surface area contributed by atoms with Gasteiger partial charge in [-0.05, 0) is 61.4 Å². The average Bonchev–Trinajstić information content (AvgIpc) is 3.60. The summed E-state index contributed by atoms with van der Waals surface area (Å²) in [5, 5.41) is 3.51. The quantitative estimate of drug-likeness (QED) is 0.378. The molecule has 0 radical (unpaired) electrons. The van der Waals surface area contributed by atoms with Crippen LogP contribution in [-0.4, -0.2) is 61.8 Å². The first-order valence-electron chi connectivity index (χ1n) is 13.0. The highest BCUT2D eigenvalue weighted by Gasteiger charge is 2.41. The molecule has 2 saturated heterocycles. The Morgan fingerprint density at radius 3 is 2.75 bits per heavy atom. The lowest BCUT2D eigenvalue weighted by Gasteiger charge is -2.22. The zero-order chi connectivity index (χ0) is 27.9. The second kappa shape index (κ2) is 10.2. The molecule has 4 aromatic rings. The summed E-state index contributed by atoms with van der Waals surface area (Å²) < 4.78 is 43.2. The van der Waals surface area contributed by atoms with Gasteiger partial charge in [0.2, 0.25) is 0 Å². The van der Waals surface area contributed by atoms with E-state index in [1.807, 2.05) is 30.3 Å². The van der Waals surface area contributed by atoms with E-state index in [1.165, 1.54) is 0 Å². The molecule has 1 amide bonds. The number of rotatable bonds is 6. The van der Waals surface area contributed by atoms with Gasteiger partial charge in [0.25, 0.3) is 5.91 Å². The van der Waals surface area contributed by atoms with Crippen molar-refractivity contribution in [3.05, 3.63) is 77.9 Å². The van der Waals surface area contributed by atoms with Gasteiger partial charge in [-0.25, -0.2) is 22.8 Å². The van der Waals surface area contributed by atoms with Crippen molar-refractivity contribution >= 4 is 32.5 Å². The van der Waals surface area contributed by atoms with Gasteiger partial charge < -0.3 is 15.0 Å². The molecule has 1 aromatic carbocycles. The number of hydrogen-bond donors (Lipinski definition) is 1.